The van der Waals surface area contributed by atoms with Gasteiger partial charge in [0.05, 0.1) is 12.2 Å². The summed E-state index contributed by atoms with van der Waals surface area (Å²) in [6, 6.07) is 9.79. The molecule has 0 saturated carbocycles. The Labute approximate surface area is 172 Å². The van der Waals surface area contributed by atoms with Gasteiger partial charge in [-0.05, 0) is 59.2 Å². The monoisotopic (exact) mass is 399 g/mol. The van der Waals surface area contributed by atoms with E-state index < -0.39 is 17.7 Å². The van der Waals surface area contributed by atoms with Crippen LogP contribution in [-0.2, 0) is 15.6 Å². The summed E-state index contributed by atoms with van der Waals surface area (Å²) in [7, 11) is 0. The van der Waals surface area contributed by atoms with E-state index in [-0.39, 0.29) is 28.6 Å². The third kappa shape index (κ3) is 5.66. The molecule has 2 aromatic carbocycles. The van der Waals surface area contributed by atoms with E-state index in [2.05, 4.69) is 52.9 Å². The number of halogens is 1. The smallest absolute Gasteiger partial charge is 0.341 e. The van der Waals surface area contributed by atoms with Gasteiger partial charge in [0.2, 0.25) is 0 Å². The lowest BCUT2D eigenvalue weighted by Crippen LogP contribution is -2.19. The van der Waals surface area contributed by atoms with Crippen LogP contribution < -0.4 is 5.32 Å². The van der Waals surface area contributed by atoms with Crippen molar-refractivity contribution in [2.75, 3.05) is 11.9 Å². The summed E-state index contributed by atoms with van der Waals surface area (Å²) in [4.78, 5) is 24.4. The van der Waals surface area contributed by atoms with Gasteiger partial charge in [-0.3, -0.25) is 4.79 Å². The van der Waals surface area contributed by atoms with E-state index in [1.165, 1.54) is 12.1 Å². The zero-order valence-corrected chi connectivity index (χ0v) is 18.3. The zero-order chi connectivity index (χ0) is 22.0. The van der Waals surface area contributed by atoms with E-state index in [0.717, 1.165) is 17.2 Å². The lowest BCUT2D eigenvalue weighted by atomic mass is 9.80. The summed E-state index contributed by atoms with van der Waals surface area (Å²) < 4.78 is 19.1. The Hall–Kier alpha value is -2.69. The maximum atomic E-state index is 14.3. The highest BCUT2D eigenvalue weighted by Crippen LogP contribution is 2.32. The summed E-state index contributed by atoms with van der Waals surface area (Å²) in [6.45, 7) is 14.5. The highest BCUT2D eigenvalue weighted by Gasteiger charge is 2.22. The van der Waals surface area contributed by atoms with Crippen LogP contribution in [0.25, 0.3) is 0 Å². The van der Waals surface area contributed by atoms with Crippen LogP contribution in [-0.4, -0.2) is 18.5 Å². The van der Waals surface area contributed by atoms with Gasteiger partial charge in [-0.2, -0.15) is 0 Å². The lowest BCUT2D eigenvalue weighted by Gasteiger charge is -2.26. The normalized spacial score (nSPS) is 11.9. The molecule has 0 bridgehead atoms. The predicted molar refractivity (Wildman–Crippen MR) is 114 cm³/mol. The van der Waals surface area contributed by atoms with Crippen LogP contribution in [0, 0.1) is 5.82 Å². The lowest BCUT2D eigenvalue weighted by molar-refractivity contribution is 0.0520. The number of nitrogens with one attached hydrogen (secondary N) is 1. The van der Waals surface area contributed by atoms with Crippen molar-refractivity contribution < 1.29 is 18.7 Å². The molecule has 0 aliphatic rings. The molecule has 0 radical (unpaired) electrons. The molecular weight excluding hydrogens is 369 g/mol. The van der Waals surface area contributed by atoms with E-state index in [0.29, 0.717) is 5.69 Å². The maximum absolute atomic E-state index is 14.3. The minimum atomic E-state index is -0.782. The van der Waals surface area contributed by atoms with Gasteiger partial charge in [-0.25, -0.2) is 9.18 Å². The fraction of sp³-hybridized carbons (Fsp3) is 0.417. The van der Waals surface area contributed by atoms with Crippen molar-refractivity contribution in [1.82, 2.24) is 0 Å². The Balaban J connectivity index is 2.35. The van der Waals surface area contributed by atoms with Crippen LogP contribution >= 0.6 is 0 Å². The van der Waals surface area contributed by atoms with Gasteiger partial charge in [-0.15, -0.1) is 0 Å². The molecule has 29 heavy (non-hydrogen) atoms. The number of carbonyl (C=O) groups is 2. The van der Waals surface area contributed by atoms with Crippen molar-refractivity contribution in [1.29, 1.82) is 0 Å². The molecule has 156 valence electrons. The minimum absolute atomic E-state index is 0.0892. The van der Waals surface area contributed by atoms with Gasteiger partial charge in [0.1, 0.15) is 5.82 Å². The highest BCUT2D eigenvalue weighted by molar-refractivity contribution is 6.05. The summed E-state index contributed by atoms with van der Waals surface area (Å²) in [5.74, 6) is -1.97. The molecule has 4 nitrogen and oxygen atoms in total. The molecule has 0 aromatic heterocycles. The van der Waals surface area contributed by atoms with Crippen LogP contribution in [0.1, 0.15) is 80.3 Å². The molecule has 0 atom stereocenters. The molecule has 0 heterocycles. The fourth-order valence-electron chi connectivity index (χ4n) is 2.80. The molecular formula is C24H30FNO3. The third-order valence-electron chi connectivity index (χ3n) is 4.65. The summed E-state index contributed by atoms with van der Waals surface area (Å²) in [5, 5.41) is 2.86. The van der Waals surface area contributed by atoms with Gasteiger partial charge >= 0.3 is 5.97 Å². The molecule has 0 saturated heterocycles. The zero-order valence-electron chi connectivity index (χ0n) is 18.3. The largest absolute Gasteiger partial charge is 0.462 e. The molecule has 1 amide bonds. The number of ether oxygens (including phenoxy) is 1. The van der Waals surface area contributed by atoms with Crippen molar-refractivity contribution in [3.8, 4) is 0 Å². The molecule has 0 aliphatic carbocycles. The maximum Gasteiger partial charge on any atom is 0.341 e. The van der Waals surface area contributed by atoms with Crippen LogP contribution in [0.2, 0.25) is 0 Å². The average Bonchev–Trinajstić information content (AvgIpc) is 2.60. The number of esters is 1. The Morgan fingerprint density at radius 1 is 0.931 bits per heavy atom. The fourth-order valence-corrected chi connectivity index (χ4v) is 2.80. The van der Waals surface area contributed by atoms with Crippen LogP contribution in [0.4, 0.5) is 10.1 Å². The number of hydrogen-bond donors (Lipinski definition) is 1. The number of hydrogen-bond acceptors (Lipinski definition) is 3. The average molecular weight is 400 g/mol. The van der Waals surface area contributed by atoms with Gasteiger partial charge < -0.3 is 10.1 Å². The van der Waals surface area contributed by atoms with Gasteiger partial charge in [0, 0.05) is 11.3 Å². The van der Waals surface area contributed by atoms with Gasteiger partial charge in [-0.1, -0.05) is 47.6 Å². The van der Waals surface area contributed by atoms with Crippen molar-refractivity contribution in [3.05, 3.63) is 64.5 Å². The predicted octanol–water partition coefficient (Wildman–Crippen LogP) is 5.85. The number of amides is 1. The Bertz CT molecular complexity index is 888. The van der Waals surface area contributed by atoms with Crippen molar-refractivity contribution in [2.45, 2.75) is 59.3 Å². The molecule has 0 unspecified atom stereocenters. The third-order valence-corrected chi connectivity index (χ3v) is 4.65. The van der Waals surface area contributed by atoms with Crippen molar-refractivity contribution in [3.63, 3.8) is 0 Å². The Kier molecular flexibility index (Phi) is 6.51. The Morgan fingerprint density at radius 2 is 1.48 bits per heavy atom. The van der Waals surface area contributed by atoms with Gasteiger partial charge in [0.25, 0.3) is 5.91 Å². The summed E-state index contributed by atoms with van der Waals surface area (Å²) in [6.07, 6.45) is 0. The molecule has 0 fully saturated rings. The van der Waals surface area contributed by atoms with E-state index in [4.69, 9.17) is 4.74 Å². The van der Waals surface area contributed by atoms with Crippen LogP contribution in [0.5, 0.6) is 0 Å². The second-order valence-corrected chi connectivity index (χ2v) is 9.17. The minimum Gasteiger partial charge on any atom is -0.462 e. The highest BCUT2D eigenvalue weighted by atomic mass is 19.1. The first-order valence-corrected chi connectivity index (χ1v) is 9.77. The SMILES string of the molecule is CCOC(=O)c1ccc(C(=O)Nc2cc(C(C)(C)C)cc(C(C)(C)C)c2)cc1F. The van der Waals surface area contributed by atoms with E-state index >= 15 is 0 Å². The van der Waals surface area contributed by atoms with Crippen molar-refractivity contribution in [2.24, 2.45) is 0 Å². The first kappa shape index (κ1) is 22.6. The van der Waals surface area contributed by atoms with E-state index in [9.17, 15) is 14.0 Å². The number of carbonyl (C=O) groups excluding carboxylic acids is 2. The first-order chi connectivity index (χ1) is 13.3. The second kappa shape index (κ2) is 8.36. The van der Waals surface area contributed by atoms with Gasteiger partial charge in [0.15, 0.2) is 0 Å². The molecule has 2 rings (SSSR count). The topological polar surface area (TPSA) is 55.4 Å². The Morgan fingerprint density at radius 3 is 1.93 bits per heavy atom. The molecule has 0 spiro atoms. The first-order valence-electron chi connectivity index (χ1n) is 9.77. The molecule has 0 aliphatic heterocycles. The quantitative estimate of drug-likeness (QED) is 0.656. The van der Waals surface area contributed by atoms with Crippen LogP contribution in [0.3, 0.4) is 0 Å². The molecule has 5 heteroatoms. The molecule has 1 N–H and O–H groups in total. The number of rotatable bonds is 4. The van der Waals surface area contributed by atoms with E-state index in [1.54, 1.807) is 6.92 Å². The van der Waals surface area contributed by atoms with Crippen LogP contribution in [0.15, 0.2) is 36.4 Å². The summed E-state index contributed by atoms with van der Waals surface area (Å²) >= 11 is 0. The molecule has 2 aromatic rings. The number of benzene rings is 2. The standard InChI is InChI=1S/C24H30FNO3/c1-8-29-22(28)19-10-9-15(11-20(19)25)21(27)26-18-13-16(23(2,3)4)12-17(14-18)24(5,6)7/h9-14H,8H2,1-7H3,(H,26,27). The summed E-state index contributed by atoms with van der Waals surface area (Å²) in [5.41, 5.74) is 2.62. The number of anilines is 1. The second-order valence-electron chi connectivity index (χ2n) is 9.17. The van der Waals surface area contributed by atoms with E-state index in [1.807, 2.05) is 12.1 Å². The van der Waals surface area contributed by atoms with Crippen molar-refractivity contribution >= 4 is 17.6 Å².